The predicted octanol–water partition coefficient (Wildman–Crippen LogP) is 0.852. The Labute approximate surface area is 92.0 Å². The van der Waals surface area contributed by atoms with Gasteiger partial charge in [-0.25, -0.2) is 0 Å². The summed E-state index contributed by atoms with van der Waals surface area (Å²) in [6.45, 7) is 5.49. The van der Waals surface area contributed by atoms with Crippen molar-refractivity contribution in [3.05, 3.63) is 0 Å². The standard InChI is InChI=1S/C11H23N3O/c1-9(2)7-13-10(12)14-8-11(15)5-3-4-6-11/h9,15H,3-8H2,1-2H3,(H3,12,13,14). The highest BCUT2D eigenvalue weighted by molar-refractivity contribution is 5.77. The molecule has 15 heavy (non-hydrogen) atoms. The van der Waals surface area contributed by atoms with E-state index in [0.29, 0.717) is 18.4 Å². The van der Waals surface area contributed by atoms with Crippen molar-refractivity contribution in [2.45, 2.75) is 45.1 Å². The van der Waals surface area contributed by atoms with Crippen molar-refractivity contribution >= 4 is 5.96 Å². The Balaban J connectivity index is 2.29. The van der Waals surface area contributed by atoms with Crippen LogP contribution in [0.25, 0.3) is 0 Å². The Morgan fingerprint density at radius 1 is 1.47 bits per heavy atom. The molecule has 88 valence electrons. The summed E-state index contributed by atoms with van der Waals surface area (Å²) in [7, 11) is 0. The molecule has 0 amide bonds. The van der Waals surface area contributed by atoms with E-state index < -0.39 is 5.60 Å². The second-order valence-corrected chi connectivity index (χ2v) is 4.91. The molecular weight excluding hydrogens is 190 g/mol. The van der Waals surface area contributed by atoms with Gasteiger partial charge in [0.05, 0.1) is 12.1 Å². The molecule has 1 fully saturated rings. The van der Waals surface area contributed by atoms with Gasteiger partial charge in [0.15, 0.2) is 5.96 Å². The maximum atomic E-state index is 10.0. The number of aliphatic imine (C=N–C) groups is 1. The summed E-state index contributed by atoms with van der Waals surface area (Å²) in [4.78, 5) is 4.18. The molecule has 0 radical (unpaired) electrons. The average Bonchev–Trinajstić information content (AvgIpc) is 2.60. The van der Waals surface area contributed by atoms with Gasteiger partial charge in [-0.05, 0) is 18.8 Å². The Kier molecular flexibility index (Phi) is 4.39. The predicted molar refractivity (Wildman–Crippen MR) is 62.7 cm³/mol. The van der Waals surface area contributed by atoms with Gasteiger partial charge in [-0.3, -0.25) is 4.99 Å². The number of aliphatic hydroxyl groups is 1. The highest BCUT2D eigenvalue weighted by Crippen LogP contribution is 2.29. The van der Waals surface area contributed by atoms with E-state index in [1.54, 1.807) is 0 Å². The second kappa shape index (κ2) is 5.35. The lowest BCUT2D eigenvalue weighted by molar-refractivity contribution is 0.0575. The van der Waals surface area contributed by atoms with Crippen LogP contribution >= 0.6 is 0 Å². The molecule has 0 aromatic carbocycles. The van der Waals surface area contributed by atoms with Crippen LogP contribution in [0.4, 0.5) is 0 Å². The highest BCUT2D eigenvalue weighted by atomic mass is 16.3. The largest absolute Gasteiger partial charge is 0.388 e. The van der Waals surface area contributed by atoms with E-state index in [1.807, 2.05) is 0 Å². The van der Waals surface area contributed by atoms with Crippen molar-refractivity contribution < 1.29 is 5.11 Å². The molecule has 1 rings (SSSR count). The van der Waals surface area contributed by atoms with E-state index in [-0.39, 0.29) is 0 Å². The molecule has 1 aliphatic carbocycles. The first-order valence-corrected chi connectivity index (χ1v) is 5.78. The van der Waals surface area contributed by atoms with Gasteiger partial charge in [0.2, 0.25) is 0 Å². The topological polar surface area (TPSA) is 70.6 Å². The zero-order valence-electron chi connectivity index (χ0n) is 9.79. The van der Waals surface area contributed by atoms with Crippen LogP contribution in [0.3, 0.4) is 0 Å². The summed E-state index contributed by atoms with van der Waals surface area (Å²) in [6, 6.07) is 0. The molecule has 0 saturated heterocycles. The average molecular weight is 213 g/mol. The number of nitrogens with one attached hydrogen (secondary N) is 1. The van der Waals surface area contributed by atoms with E-state index in [1.165, 1.54) is 0 Å². The fourth-order valence-corrected chi connectivity index (χ4v) is 1.79. The summed E-state index contributed by atoms with van der Waals surface area (Å²) in [5.74, 6) is 0.998. The summed E-state index contributed by atoms with van der Waals surface area (Å²) in [5.41, 5.74) is 5.09. The minimum absolute atomic E-state index is 0.434. The quantitative estimate of drug-likeness (QED) is 0.479. The first-order chi connectivity index (χ1) is 7.02. The van der Waals surface area contributed by atoms with Gasteiger partial charge in [-0.15, -0.1) is 0 Å². The lowest BCUT2D eigenvalue weighted by atomic mass is 10.0. The molecule has 4 heteroatoms. The number of nitrogens with zero attached hydrogens (tertiary/aromatic N) is 1. The Morgan fingerprint density at radius 3 is 2.60 bits per heavy atom. The van der Waals surface area contributed by atoms with E-state index in [0.717, 1.165) is 32.2 Å². The van der Waals surface area contributed by atoms with Crippen LogP contribution in [0.5, 0.6) is 0 Å². The normalized spacial score (nSPS) is 20.9. The summed E-state index contributed by atoms with van der Waals surface area (Å²) < 4.78 is 0. The summed E-state index contributed by atoms with van der Waals surface area (Å²) >= 11 is 0. The Morgan fingerprint density at radius 2 is 2.07 bits per heavy atom. The minimum atomic E-state index is -0.593. The van der Waals surface area contributed by atoms with Crippen LogP contribution in [-0.2, 0) is 0 Å². The van der Waals surface area contributed by atoms with Crippen LogP contribution in [-0.4, -0.2) is 29.8 Å². The molecule has 4 nitrogen and oxygen atoms in total. The second-order valence-electron chi connectivity index (χ2n) is 4.91. The monoisotopic (exact) mass is 213 g/mol. The molecule has 0 bridgehead atoms. The summed E-state index contributed by atoms with van der Waals surface area (Å²) in [5, 5.41) is 13.1. The van der Waals surface area contributed by atoms with Crippen molar-refractivity contribution in [3.8, 4) is 0 Å². The number of hydrogen-bond acceptors (Lipinski definition) is 2. The first kappa shape index (κ1) is 12.3. The third kappa shape index (κ3) is 4.51. The maximum Gasteiger partial charge on any atom is 0.188 e. The van der Waals surface area contributed by atoms with Crippen LogP contribution in [0.1, 0.15) is 39.5 Å². The van der Waals surface area contributed by atoms with Crippen molar-refractivity contribution in [3.63, 3.8) is 0 Å². The van der Waals surface area contributed by atoms with E-state index >= 15 is 0 Å². The summed E-state index contributed by atoms with van der Waals surface area (Å²) in [6.07, 6.45) is 3.92. The van der Waals surface area contributed by atoms with Crippen LogP contribution < -0.4 is 11.1 Å². The highest BCUT2D eigenvalue weighted by Gasteiger charge is 2.30. The minimum Gasteiger partial charge on any atom is -0.388 e. The smallest absolute Gasteiger partial charge is 0.188 e. The van der Waals surface area contributed by atoms with Gasteiger partial charge in [-0.1, -0.05) is 26.7 Å². The Hall–Kier alpha value is -0.770. The number of nitrogens with two attached hydrogens (primary N) is 1. The maximum absolute atomic E-state index is 10.0. The third-order valence-corrected chi connectivity index (χ3v) is 2.77. The van der Waals surface area contributed by atoms with Gasteiger partial charge < -0.3 is 16.2 Å². The van der Waals surface area contributed by atoms with Crippen LogP contribution in [0.2, 0.25) is 0 Å². The van der Waals surface area contributed by atoms with Crippen molar-refractivity contribution in [1.29, 1.82) is 0 Å². The van der Waals surface area contributed by atoms with Crippen molar-refractivity contribution in [2.75, 3.05) is 13.1 Å². The first-order valence-electron chi connectivity index (χ1n) is 5.78. The Bertz CT molecular complexity index is 220. The molecule has 0 heterocycles. The van der Waals surface area contributed by atoms with E-state index in [2.05, 4.69) is 24.2 Å². The van der Waals surface area contributed by atoms with E-state index in [9.17, 15) is 5.11 Å². The molecule has 0 unspecified atom stereocenters. The van der Waals surface area contributed by atoms with Gasteiger partial charge >= 0.3 is 0 Å². The van der Waals surface area contributed by atoms with Gasteiger partial charge in [0.1, 0.15) is 0 Å². The fraction of sp³-hybridized carbons (Fsp3) is 0.909. The lowest BCUT2D eigenvalue weighted by Gasteiger charge is -2.19. The number of rotatable bonds is 4. The molecule has 0 atom stereocenters. The van der Waals surface area contributed by atoms with E-state index in [4.69, 9.17) is 5.73 Å². The van der Waals surface area contributed by atoms with Gasteiger partial charge in [0.25, 0.3) is 0 Å². The molecular formula is C11H23N3O. The fourth-order valence-electron chi connectivity index (χ4n) is 1.79. The van der Waals surface area contributed by atoms with Crippen molar-refractivity contribution in [1.82, 2.24) is 5.32 Å². The van der Waals surface area contributed by atoms with Crippen LogP contribution in [0.15, 0.2) is 4.99 Å². The molecule has 0 aromatic heterocycles. The van der Waals surface area contributed by atoms with Gasteiger partial charge in [-0.2, -0.15) is 0 Å². The molecule has 1 aliphatic rings. The SMILES string of the molecule is CC(C)CNC(N)=NCC1(O)CCCC1. The molecule has 0 aromatic rings. The lowest BCUT2D eigenvalue weighted by Crippen LogP contribution is -2.37. The zero-order valence-corrected chi connectivity index (χ0v) is 9.79. The van der Waals surface area contributed by atoms with Crippen LogP contribution in [0, 0.1) is 5.92 Å². The van der Waals surface area contributed by atoms with Crippen molar-refractivity contribution in [2.24, 2.45) is 16.6 Å². The van der Waals surface area contributed by atoms with Gasteiger partial charge in [0, 0.05) is 6.54 Å². The molecule has 0 aliphatic heterocycles. The third-order valence-electron chi connectivity index (χ3n) is 2.77. The molecule has 1 saturated carbocycles. The molecule has 0 spiro atoms. The molecule has 4 N–H and O–H groups in total. The number of guanidine groups is 1. The number of hydrogen-bond donors (Lipinski definition) is 3. The zero-order chi connectivity index (χ0) is 11.3.